The molecule has 4 N–H and O–H groups in total. The Morgan fingerprint density at radius 2 is 2.00 bits per heavy atom. The van der Waals surface area contributed by atoms with E-state index >= 15 is 4.39 Å². The number of halogens is 1. The van der Waals surface area contributed by atoms with Crippen LogP contribution in [0.5, 0.6) is 5.75 Å². The third-order valence-electron chi connectivity index (χ3n) is 8.71. The molecule has 1 saturated carbocycles. The highest BCUT2D eigenvalue weighted by Crippen LogP contribution is 2.51. The van der Waals surface area contributed by atoms with E-state index < -0.39 is 17.2 Å². The molecule has 0 radical (unpaired) electrons. The van der Waals surface area contributed by atoms with Crippen LogP contribution in [0.15, 0.2) is 35.3 Å². The van der Waals surface area contributed by atoms with Crippen LogP contribution in [0.1, 0.15) is 39.0 Å². The molecule has 0 spiro atoms. The Morgan fingerprint density at radius 3 is 2.73 bits per heavy atom. The van der Waals surface area contributed by atoms with Crippen LogP contribution in [0.2, 0.25) is 0 Å². The number of pyridine rings is 1. The number of carbonyl (C=O) groups is 2. The van der Waals surface area contributed by atoms with Gasteiger partial charge < -0.3 is 34.5 Å². The van der Waals surface area contributed by atoms with Crippen LogP contribution < -0.4 is 20.4 Å². The monoisotopic (exact) mass is 616 g/mol. The lowest BCUT2D eigenvalue weighted by molar-refractivity contribution is 0.0694. The number of imidazole rings is 1. The van der Waals surface area contributed by atoms with E-state index in [4.69, 9.17) is 10.1 Å². The number of amidine groups is 1. The molecule has 4 heterocycles. The first-order chi connectivity index (χ1) is 21.6. The van der Waals surface area contributed by atoms with Crippen LogP contribution in [-0.4, -0.2) is 113 Å². The molecule has 1 saturated heterocycles. The summed E-state index contributed by atoms with van der Waals surface area (Å²) in [5, 5.41) is 20.9. The minimum absolute atomic E-state index is 0.00359. The Morgan fingerprint density at radius 1 is 1.22 bits per heavy atom. The standard InChI is InChI=1S/C31H33FN8O5/c1-37(2)6-5-34-29(33)16-3-4-20-21(11-16)36-30(35-20)23(41)15-38-7-9-39(10-8-38)26-19(32)12-17-25-28(26)45-24-13-22(24)40(25)14-18(27(17)42)31(43)44/h3-4,11-12,14,22,24H,5-10,13,15H2,1-2H3,(H2,33,34)(H,35,36)(H,43,44). The summed E-state index contributed by atoms with van der Waals surface area (Å²) in [6.45, 7) is 3.38. The number of Topliss-reactive ketones (excluding diaryl/α,β-unsaturated/α-hetero) is 1. The van der Waals surface area contributed by atoms with Crippen LogP contribution in [0.4, 0.5) is 10.1 Å². The van der Waals surface area contributed by atoms with Crippen molar-refractivity contribution < 1.29 is 23.8 Å². The van der Waals surface area contributed by atoms with Crippen LogP contribution >= 0.6 is 0 Å². The molecule has 1 aliphatic carbocycles. The highest BCUT2D eigenvalue weighted by molar-refractivity contribution is 6.01. The quantitative estimate of drug-likeness (QED) is 0.124. The molecule has 2 aromatic carbocycles. The highest BCUT2D eigenvalue weighted by atomic mass is 19.1. The number of ketones is 1. The molecule has 4 aromatic rings. The number of nitrogens with zero attached hydrogens (tertiary/aromatic N) is 5. The van der Waals surface area contributed by atoms with Gasteiger partial charge in [0.2, 0.25) is 11.2 Å². The molecule has 2 fully saturated rings. The lowest BCUT2D eigenvalue weighted by Gasteiger charge is -2.37. The van der Waals surface area contributed by atoms with Crippen molar-refractivity contribution in [3.05, 3.63) is 63.5 Å². The Hall–Kier alpha value is -4.82. The van der Waals surface area contributed by atoms with Crippen LogP contribution in [0, 0.1) is 11.2 Å². The van der Waals surface area contributed by atoms with Crippen molar-refractivity contribution in [2.75, 3.05) is 64.8 Å². The predicted octanol–water partition coefficient (Wildman–Crippen LogP) is 1.90. The van der Waals surface area contributed by atoms with Crippen molar-refractivity contribution in [1.82, 2.24) is 29.7 Å². The van der Waals surface area contributed by atoms with Crippen molar-refractivity contribution in [3.63, 3.8) is 0 Å². The number of anilines is 1. The molecule has 7 rings (SSSR count). The van der Waals surface area contributed by atoms with Gasteiger partial charge in [-0.25, -0.2) is 14.2 Å². The first kappa shape index (κ1) is 28.9. The highest BCUT2D eigenvalue weighted by Gasteiger charge is 2.47. The number of ether oxygens (including phenoxy) is 1. The zero-order chi connectivity index (χ0) is 31.6. The number of piperazine rings is 1. The first-order valence-corrected chi connectivity index (χ1v) is 14.9. The number of carboxylic acid groups (broad SMARTS) is 1. The van der Waals surface area contributed by atoms with E-state index in [1.807, 2.05) is 28.8 Å². The molecule has 3 aliphatic rings. The van der Waals surface area contributed by atoms with E-state index in [1.165, 1.54) is 6.20 Å². The second-order valence-electron chi connectivity index (χ2n) is 12.1. The second kappa shape index (κ2) is 11.0. The number of nitrogens with one attached hydrogen (secondary N) is 3. The molecule has 2 atom stereocenters. The lowest BCUT2D eigenvalue weighted by Crippen LogP contribution is -2.48. The number of hydrogen-bond acceptors (Lipinski definition) is 9. The average Bonchev–Trinajstić information content (AvgIpc) is 3.66. The first-order valence-electron chi connectivity index (χ1n) is 14.9. The number of hydrogen-bond donors (Lipinski definition) is 4. The fourth-order valence-electron chi connectivity index (χ4n) is 6.20. The number of aromatic amines is 1. The lowest BCUT2D eigenvalue weighted by atomic mass is 10.1. The molecule has 0 amide bonds. The Bertz CT molecular complexity index is 1940. The minimum Gasteiger partial charge on any atom is -0.484 e. The molecule has 13 nitrogen and oxygen atoms in total. The summed E-state index contributed by atoms with van der Waals surface area (Å²) in [5.41, 5.74) is 1.57. The fraction of sp³-hybridized carbons (Fsp3) is 0.387. The van der Waals surface area contributed by atoms with Crippen molar-refractivity contribution >= 4 is 45.2 Å². The van der Waals surface area contributed by atoms with Crippen LogP contribution in [0.3, 0.4) is 0 Å². The smallest absolute Gasteiger partial charge is 0.341 e. The second-order valence-corrected chi connectivity index (χ2v) is 12.1. The number of likely N-dealkylation sites (N-methyl/N-ethyl adjacent to an activating group) is 1. The average molecular weight is 617 g/mol. The molecule has 0 bridgehead atoms. The number of H-pyrrole nitrogens is 1. The summed E-state index contributed by atoms with van der Waals surface area (Å²) >= 11 is 0. The van der Waals surface area contributed by atoms with Gasteiger partial charge in [0.05, 0.1) is 34.5 Å². The Balaban J connectivity index is 1.05. The zero-order valence-electron chi connectivity index (χ0n) is 24.9. The summed E-state index contributed by atoms with van der Waals surface area (Å²) in [6, 6.07) is 6.44. The molecular weight excluding hydrogens is 583 g/mol. The molecule has 2 aliphatic heterocycles. The summed E-state index contributed by atoms with van der Waals surface area (Å²) in [5.74, 6) is -1.35. The maximum atomic E-state index is 15.6. The predicted molar refractivity (Wildman–Crippen MR) is 166 cm³/mol. The minimum atomic E-state index is -1.34. The van der Waals surface area contributed by atoms with E-state index in [0.29, 0.717) is 67.1 Å². The van der Waals surface area contributed by atoms with Crippen LogP contribution in [-0.2, 0) is 0 Å². The fourth-order valence-corrected chi connectivity index (χ4v) is 6.20. The normalized spacial score (nSPS) is 19.1. The number of benzene rings is 2. The van der Waals surface area contributed by atoms with Crippen LogP contribution in [0.25, 0.3) is 21.9 Å². The molecule has 2 unspecified atom stereocenters. The molecular formula is C31H33FN8O5. The molecule has 14 heteroatoms. The van der Waals surface area contributed by atoms with Gasteiger partial charge in [0.15, 0.2) is 17.4 Å². The number of aromatic carboxylic acids is 1. The van der Waals surface area contributed by atoms with E-state index in [2.05, 4.69) is 15.3 Å². The van der Waals surface area contributed by atoms with Gasteiger partial charge >= 0.3 is 5.97 Å². The number of rotatable bonds is 9. The Labute approximate surface area is 256 Å². The summed E-state index contributed by atoms with van der Waals surface area (Å²) < 4.78 is 23.5. The van der Waals surface area contributed by atoms with E-state index in [9.17, 15) is 19.5 Å². The largest absolute Gasteiger partial charge is 0.484 e. The number of carbonyl (C=O) groups excluding carboxylic acids is 1. The molecule has 45 heavy (non-hydrogen) atoms. The van der Waals surface area contributed by atoms with Crippen molar-refractivity contribution in [2.45, 2.75) is 18.6 Å². The SMILES string of the molecule is CN(C)CCNC(=N)c1ccc2nc(C(=O)CN3CCN(c4c(F)cc5c(=O)c(C(=O)O)cn6c5c4OC4CC46)CC3)[nH]c2c1. The van der Waals surface area contributed by atoms with E-state index in [-0.39, 0.29) is 52.7 Å². The molecule has 2 aromatic heterocycles. The zero-order valence-corrected chi connectivity index (χ0v) is 24.9. The van der Waals surface area contributed by atoms with Gasteiger partial charge in [-0.3, -0.25) is 19.9 Å². The summed E-state index contributed by atoms with van der Waals surface area (Å²) in [6.07, 6.45) is 1.80. The topological polar surface area (TPSA) is 160 Å². The van der Waals surface area contributed by atoms with Gasteiger partial charge in [-0.1, -0.05) is 0 Å². The van der Waals surface area contributed by atoms with E-state index in [0.717, 1.165) is 12.6 Å². The van der Waals surface area contributed by atoms with Gasteiger partial charge in [-0.05, 0) is 38.4 Å². The van der Waals surface area contributed by atoms with Gasteiger partial charge in [0.1, 0.15) is 23.2 Å². The third kappa shape index (κ3) is 5.19. The Kier molecular flexibility index (Phi) is 7.05. The van der Waals surface area contributed by atoms with E-state index in [1.54, 1.807) is 22.8 Å². The third-order valence-corrected chi connectivity index (χ3v) is 8.71. The maximum Gasteiger partial charge on any atom is 0.341 e. The van der Waals surface area contributed by atoms with Crippen molar-refractivity contribution in [3.8, 4) is 5.75 Å². The summed E-state index contributed by atoms with van der Waals surface area (Å²) in [4.78, 5) is 51.2. The van der Waals surface area contributed by atoms with Gasteiger partial charge in [-0.2, -0.15) is 0 Å². The van der Waals surface area contributed by atoms with Crippen molar-refractivity contribution in [1.29, 1.82) is 5.41 Å². The molecule has 234 valence electrons. The van der Waals surface area contributed by atoms with Crippen molar-refractivity contribution in [2.24, 2.45) is 0 Å². The number of aromatic nitrogens is 3. The number of fused-ring (bicyclic) bond motifs is 3. The summed E-state index contributed by atoms with van der Waals surface area (Å²) in [7, 11) is 3.94. The number of carboxylic acids is 1. The van der Waals surface area contributed by atoms with Gasteiger partial charge in [-0.15, -0.1) is 0 Å². The maximum absolute atomic E-state index is 15.6. The van der Waals surface area contributed by atoms with Gasteiger partial charge in [0, 0.05) is 57.4 Å². The van der Waals surface area contributed by atoms with Gasteiger partial charge in [0.25, 0.3) is 0 Å².